The van der Waals surface area contributed by atoms with Crippen LogP contribution in [0.2, 0.25) is 0 Å². The van der Waals surface area contributed by atoms with E-state index in [-0.39, 0.29) is 5.84 Å². The molecule has 0 atom stereocenters. The molecule has 5 aromatic carbocycles. The van der Waals surface area contributed by atoms with Crippen LogP contribution in [0.25, 0.3) is 0 Å². The van der Waals surface area contributed by atoms with Crippen molar-refractivity contribution in [3.8, 4) is 0 Å². The highest BCUT2D eigenvalue weighted by Crippen LogP contribution is 2.14. The highest BCUT2D eigenvalue weighted by molar-refractivity contribution is 6.20. The van der Waals surface area contributed by atoms with Gasteiger partial charge in [0.15, 0.2) is 17.5 Å². The van der Waals surface area contributed by atoms with Gasteiger partial charge in [0.05, 0.1) is 6.61 Å². The summed E-state index contributed by atoms with van der Waals surface area (Å²) in [6.45, 7) is 2.35. The van der Waals surface area contributed by atoms with Crippen molar-refractivity contribution in [1.82, 2.24) is 0 Å². The predicted molar refractivity (Wildman–Crippen MR) is 174 cm³/mol. The van der Waals surface area contributed by atoms with E-state index in [2.05, 4.69) is 4.99 Å². The summed E-state index contributed by atoms with van der Waals surface area (Å²) in [5.74, 6) is 1.02. The fourth-order valence-corrected chi connectivity index (χ4v) is 4.16. The number of benzene rings is 5. The van der Waals surface area contributed by atoms with Crippen LogP contribution in [0.1, 0.15) is 39.5 Å². The summed E-state index contributed by atoms with van der Waals surface area (Å²) in [4.78, 5) is 32.5. The van der Waals surface area contributed by atoms with Gasteiger partial charge in [-0.15, -0.1) is 0 Å². The Morgan fingerprint density at radius 3 is 1.16 bits per heavy atom. The van der Waals surface area contributed by atoms with Crippen LogP contribution in [-0.4, -0.2) is 35.9 Å². The maximum Gasteiger partial charge on any atom is 0.279 e. The molecule has 210 valence electrons. The Hall–Kier alpha value is -5.75. The number of aliphatic imine (C=N–C) groups is 4. The molecule has 0 aromatic heterocycles. The smallest absolute Gasteiger partial charge is 0.279 e. The van der Waals surface area contributed by atoms with E-state index >= 15 is 0 Å². The Kier molecular flexibility index (Phi) is 9.87. The molecule has 0 saturated heterocycles. The zero-order valence-corrected chi connectivity index (χ0v) is 23.7. The van der Waals surface area contributed by atoms with Crippen LogP contribution in [0.3, 0.4) is 0 Å². The van der Waals surface area contributed by atoms with Crippen LogP contribution >= 0.6 is 0 Å². The first-order chi connectivity index (χ1) is 21.2. The molecule has 0 aliphatic carbocycles. The molecule has 5 aromatic rings. The Morgan fingerprint density at radius 2 is 0.767 bits per heavy atom. The van der Waals surface area contributed by atoms with E-state index in [9.17, 15) is 4.79 Å². The summed E-state index contributed by atoms with van der Waals surface area (Å²) in [6.07, 6.45) is 0. The number of rotatable bonds is 6. The molecule has 0 bridgehead atoms. The van der Waals surface area contributed by atoms with Crippen molar-refractivity contribution in [3.05, 3.63) is 179 Å². The Labute approximate surface area is 251 Å². The summed E-state index contributed by atoms with van der Waals surface area (Å²) >= 11 is 0. The molecule has 0 fully saturated rings. The molecule has 43 heavy (non-hydrogen) atoms. The average molecular weight is 563 g/mol. The lowest BCUT2D eigenvalue weighted by Crippen LogP contribution is -2.14. The Balaban J connectivity index is 1.73. The van der Waals surface area contributed by atoms with E-state index in [1.165, 1.54) is 0 Å². The molecule has 0 heterocycles. The molecular formula is C37H30N4O2. The van der Waals surface area contributed by atoms with Crippen molar-refractivity contribution in [2.75, 3.05) is 6.61 Å². The van der Waals surface area contributed by atoms with E-state index in [1.54, 1.807) is 24.3 Å². The summed E-state index contributed by atoms with van der Waals surface area (Å²) in [6, 6.07) is 47.3. The molecule has 0 unspecified atom stereocenters. The number of hydrogen-bond donors (Lipinski definition) is 0. The molecule has 0 aliphatic heterocycles. The fourth-order valence-electron chi connectivity index (χ4n) is 4.16. The SMILES string of the molecule is CCOC(=NC(=NC(=NC(=NC(=O)c1ccccc1)c1ccccc1)c1ccccc1)c1ccccc1)c1ccccc1. The molecule has 0 N–H and O–H groups in total. The molecule has 0 saturated carbocycles. The van der Waals surface area contributed by atoms with E-state index in [0.29, 0.717) is 35.3 Å². The minimum Gasteiger partial charge on any atom is -0.477 e. The second-order valence-electron chi connectivity index (χ2n) is 9.29. The van der Waals surface area contributed by atoms with E-state index in [0.717, 1.165) is 16.7 Å². The summed E-state index contributed by atoms with van der Waals surface area (Å²) in [7, 11) is 0. The Morgan fingerprint density at radius 1 is 0.442 bits per heavy atom. The van der Waals surface area contributed by atoms with Crippen LogP contribution in [0.15, 0.2) is 172 Å². The molecule has 5 rings (SSSR count). The van der Waals surface area contributed by atoms with Gasteiger partial charge in [-0.2, -0.15) is 9.98 Å². The van der Waals surface area contributed by atoms with Gasteiger partial charge in [0.25, 0.3) is 5.91 Å². The first-order valence-corrected chi connectivity index (χ1v) is 14.0. The predicted octanol–water partition coefficient (Wildman–Crippen LogP) is 7.65. The number of amides is 1. The second-order valence-corrected chi connectivity index (χ2v) is 9.29. The first kappa shape index (κ1) is 28.8. The highest BCUT2D eigenvalue weighted by atomic mass is 16.5. The monoisotopic (exact) mass is 562 g/mol. The second kappa shape index (κ2) is 14.8. The third kappa shape index (κ3) is 7.93. The van der Waals surface area contributed by atoms with Crippen molar-refractivity contribution < 1.29 is 9.53 Å². The maximum atomic E-state index is 13.2. The van der Waals surface area contributed by atoms with Gasteiger partial charge < -0.3 is 4.74 Å². The van der Waals surface area contributed by atoms with Crippen LogP contribution in [0.5, 0.6) is 0 Å². The summed E-state index contributed by atoms with van der Waals surface area (Å²) < 4.78 is 5.98. The van der Waals surface area contributed by atoms with Gasteiger partial charge in [0.2, 0.25) is 5.90 Å². The fraction of sp³-hybridized carbons (Fsp3) is 0.0541. The number of carbonyl (C=O) groups excluding carboxylic acids is 1. The van der Waals surface area contributed by atoms with Gasteiger partial charge in [0, 0.05) is 27.8 Å². The number of carbonyl (C=O) groups is 1. The van der Waals surface area contributed by atoms with E-state index in [1.807, 2.05) is 134 Å². The van der Waals surface area contributed by atoms with Crippen LogP contribution in [0.4, 0.5) is 0 Å². The number of nitrogens with zero attached hydrogens (tertiary/aromatic N) is 4. The van der Waals surface area contributed by atoms with Gasteiger partial charge in [-0.1, -0.05) is 127 Å². The molecule has 6 heteroatoms. The quantitative estimate of drug-likeness (QED) is 0.157. The van der Waals surface area contributed by atoms with Gasteiger partial charge in [-0.25, -0.2) is 9.98 Å². The molecular weight excluding hydrogens is 532 g/mol. The van der Waals surface area contributed by atoms with Crippen molar-refractivity contribution in [1.29, 1.82) is 0 Å². The van der Waals surface area contributed by atoms with Gasteiger partial charge in [-0.05, 0) is 31.2 Å². The third-order valence-corrected chi connectivity index (χ3v) is 6.26. The standard InChI is InChI=1S/C37H30N4O2/c1-2-43-37(32-26-16-7-17-27-32)41-35(30-22-12-5-13-23-30)39-33(28-18-8-3-9-19-28)38-34(29-20-10-4-11-21-29)40-36(42)31-24-14-6-15-25-31/h3-27H,2H2,1H3. The minimum atomic E-state index is -0.399. The minimum absolute atomic E-state index is 0.238. The molecule has 0 aliphatic rings. The van der Waals surface area contributed by atoms with Crippen molar-refractivity contribution in [2.24, 2.45) is 20.0 Å². The molecule has 0 radical (unpaired) electrons. The van der Waals surface area contributed by atoms with Gasteiger partial charge in [0.1, 0.15) is 0 Å². The Bertz CT molecular complexity index is 1750. The number of amidine groups is 3. The maximum absolute atomic E-state index is 13.2. The van der Waals surface area contributed by atoms with Gasteiger partial charge in [-0.3, -0.25) is 4.79 Å². The molecule has 1 amide bonds. The zero-order chi connectivity index (χ0) is 29.7. The average Bonchev–Trinajstić information content (AvgIpc) is 3.08. The normalized spacial score (nSPS) is 12.6. The van der Waals surface area contributed by atoms with Gasteiger partial charge >= 0.3 is 0 Å². The molecule has 0 spiro atoms. The topological polar surface area (TPSA) is 75.7 Å². The summed E-state index contributed by atoms with van der Waals surface area (Å²) in [5.41, 5.74) is 3.48. The van der Waals surface area contributed by atoms with Crippen LogP contribution in [-0.2, 0) is 4.74 Å². The lowest BCUT2D eigenvalue weighted by Gasteiger charge is -2.11. The third-order valence-electron chi connectivity index (χ3n) is 6.26. The largest absolute Gasteiger partial charge is 0.477 e. The highest BCUT2D eigenvalue weighted by Gasteiger charge is 2.14. The van der Waals surface area contributed by atoms with Crippen molar-refractivity contribution in [3.63, 3.8) is 0 Å². The zero-order valence-electron chi connectivity index (χ0n) is 23.7. The lowest BCUT2D eigenvalue weighted by molar-refractivity contribution is 0.100. The van der Waals surface area contributed by atoms with Crippen molar-refractivity contribution in [2.45, 2.75) is 6.92 Å². The van der Waals surface area contributed by atoms with E-state index < -0.39 is 5.91 Å². The van der Waals surface area contributed by atoms with Crippen molar-refractivity contribution >= 4 is 29.3 Å². The van der Waals surface area contributed by atoms with E-state index in [4.69, 9.17) is 19.7 Å². The molecule has 6 nitrogen and oxygen atoms in total. The number of ether oxygens (including phenoxy) is 1. The summed E-state index contributed by atoms with van der Waals surface area (Å²) in [5, 5.41) is 0. The first-order valence-electron chi connectivity index (χ1n) is 14.0. The van der Waals surface area contributed by atoms with Crippen LogP contribution in [0, 0.1) is 0 Å². The lowest BCUT2D eigenvalue weighted by atomic mass is 10.1. The van der Waals surface area contributed by atoms with Crippen LogP contribution < -0.4 is 0 Å². The number of hydrogen-bond acceptors (Lipinski definition) is 2.